The fourth-order valence-electron chi connectivity index (χ4n) is 3.66. The van der Waals surface area contributed by atoms with E-state index in [1.165, 1.54) is 22.2 Å². The van der Waals surface area contributed by atoms with Gasteiger partial charge in [0.1, 0.15) is 30.5 Å². The molecule has 0 aromatic heterocycles. The average Bonchev–Trinajstić information content (AvgIpc) is 3.15. The van der Waals surface area contributed by atoms with Gasteiger partial charge in [0, 0.05) is 5.56 Å². The van der Waals surface area contributed by atoms with Gasteiger partial charge in [0.15, 0.2) is 4.32 Å². The van der Waals surface area contributed by atoms with Crippen molar-refractivity contribution in [2.75, 3.05) is 25.2 Å². The van der Waals surface area contributed by atoms with E-state index in [-0.39, 0.29) is 11.3 Å². The van der Waals surface area contributed by atoms with Crippen LogP contribution in [-0.4, -0.2) is 30.6 Å². The van der Waals surface area contributed by atoms with Gasteiger partial charge in [-0.25, -0.2) is 0 Å². The minimum absolute atomic E-state index is 0.105. The fraction of sp³-hybridized carbons (Fsp3) is 0.241. The van der Waals surface area contributed by atoms with E-state index in [4.69, 9.17) is 26.4 Å². The molecule has 0 bridgehead atoms. The monoisotopic (exact) mass is 519 g/mol. The molecule has 1 saturated heterocycles. The Morgan fingerprint density at radius 1 is 0.889 bits per heavy atom. The molecular weight excluding hydrogens is 490 g/mol. The van der Waals surface area contributed by atoms with Crippen LogP contribution in [0.2, 0.25) is 0 Å². The number of ether oxygens (including phenoxy) is 3. The Morgan fingerprint density at radius 3 is 2.19 bits per heavy atom. The smallest absolute Gasteiger partial charge is 0.270 e. The first kappa shape index (κ1) is 25.8. The average molecular weight is 520 g/mol. The molecule has 1 aliphatic heterocycles. The molecule has 0 atom stereocenters. The van der Waals surface area contributed by atoms with Crippen LogP contribution < -0.4 is 19.1 Å². The lowest BCUT2D eigenvalue weighted by molar-refractivity contribution is -0.113. The predicted molar refractivity (Wildman–Crippen MR) is 151 cm³/mol. The Morgan fingerprint density at radius 2 is 1.53 bits per heavy atom. The SMILES string of the molecule is COc1ccc(N2C(=O)/C(=C\c3ccccc3OCCOc3ccc(C(C)(C)C)cc3)SC2=S)cc1. The number of benzene rings is 3. The Bertz CT molecular complexity index is 1260. The number of carbonyl (C=O) groups excluding carboxylic acids is 1. The summed E-state index contributed by atoms with van der Waals surface area (Å²) >= 11 is 6.77. The molecule has 4 rings (SSSR count). The van der Waals surface area contributed by atoms with Crippen LogP contribution >= 0.6 is 24.0 Å². The normalized spacial score (nSPS) is 14.9. The summed E-state index contributed by atoms with van der Waals surface area (Å²) in [6, 6.07) is 23.0. The van der Waals surface area contributed by atoms with Crippen molar-refractivity contribution in [1.29, 1.82) is 0 Å². The number of hydrogen-bond acceptors (Lipinski definition) is 6. The second-order valence-electron chi connectivity index (χ2n) is 9.22. The number of rotatable bonds is 8. The summed E-state index contributed by atoms with van der Waals surface area (Å²) in [6.45, 7) is 7.34. The van der Waals surface area contributed by atoms with Crippen LogP contribution in [-0.2, 0) is 10.2 Å². The number of thiocarbonyl (C=S) groups is 1. The van der Waals surface area contributed by atoms with Gasteiger partial charge in [0.05, 0.1) is 17.7 Å². The number of carbonyl (C=O) groups is 1. The standard InChI is InChI=1S/C29H29NO4S2/c1-29(2,3)21-9-13-24(14-10-21)33-17-18-34-25-8-6-5-7-20(25)19-26-27(31)30(28(35)36-26)22-11-15-23(32-4)16-12-22/h5-16,19H,17-18H2,1-4H3/b26-19+. The Kier molecular flexibility index (Phi) is 8.01. The maximum atomic E-state index is 13.1. The molecule has 3 aromatic carbocycles. The van der Waals surface area contributed by atoms with Gasteiger partial charge in [-0.2, -0.15) is 0 Å². The van der Waals surface area contributed by atoms with E-state index in [1.54, 1.807) is 7.11 Å². The second kappa shape index (κ2) is 11.2. The molecule has 36 heavy (non-hydrogen) atoms. The van der Waals surface area contributed by atoms with Crippen molar-refractivity contribution in [3.63, 3.8) is 0 Å². The number of methoxy groups -OCH3 is 1. The molecule has 1 amide bonds. The summed E-state index contributed by atoms with van der Waals surface area (Å²) in [5, 5.41) is 0. The van der Waals surface area contributed by atoms with Crippen molar-refractivity contribution in [2.24, 2.45) is 0 Å². The van der Waals surface area contributed by atoms with Gasteiger partial charge < -0.3 is 14.2 Å². The molecule has 0 spiro atoms. The van der Waals surface area contributed by atoms with Crippen molar-refractivity contribution in [2.45, 2.75) is 26.2 Å². The van der Waals surface area contributed by atoms with Gasteiger partial charge in [-0.1, -0.05) is 75.1 Å². The topological polar surface area (TPSA) is 48.0 Å². The molecular formula is C29H29NO4S2. The van der Waals surface area contributed by atoms with E-state index in [9.17, 15) is 4.79 Å². The third-order valence-corrected chi connectivity index (χ3v) is 6.96. The second-order valence-corrected chi connectivity index (χ2v) is 10.9. The molecule has 1 heterocycles. The van der Waals surface area contributed by atoms with Crippen LogP contribution in [0.25, 0.3) is 6.08 Å². The number of amides is 1. The highest BCUT2D eigenvalue weighted by molar-refractivity contribution is 8.27. The van der Waals surface area contributed by atoms with Crippen LogP contribution in [0.15, 0.2) is 77.7 Å². The van der Waals surface area contributed by atoms with Crippen molar-refractivity contribution in [1.82, 2.24) is 0 Å². The van der Waals surface area contributed by atoms with E-state index in [0.717, 1.165) is 17.1 Å². The van der Waals surface area contributed by atoms with Gasteiger partial charge in [0.2, 0.25) is 0 Å². The lowest BCUT2D eigenvalue weighted by atomic mass is 9.87. The number of thioether (sulfide) groups is 1. The molecule has 0 N–H and O–H groups in total. The maximum absolute atomic E-state index is 13.1. The molecule has 0 unspecified atom stereocenters. The molecule has 1 aliphatic rings. The zero-order valence-electron chi connectivity index (χ0n) is 20.8. The first-order chi connectivity index (χ1) is 17.3. The summed E-state index contributed by atoms with van der Waals surface area (Å²) in [5.74, 6) is 2.05. The van der Waals surface area contributed by atoms with E-state index >= 15 is 0 Å². The molecule has 186 valence electrons. The zero-order valence-corrected chi connectivity index (χ0v) is 22.4. The van der Waals surface area contributed by atoms with Crippen molar-refractivity contribution < 1.29 is 19.0 Å². The van der Waals surface area contributed by atoms with Crippen LogP contribution in [0.1, 0.15) is 31.9 Å². The minimum Gasteiger partial charge on any atom is -0.497 e. The van der Waals surface area contributed by atoms with Gasteiger partial charge in [-0.05, 0) is 59.5 Å². The summed E-state index contributed by atoms with van der Waals surface area (Å²) < 4.78 is 17.5. The van der Waals surface area contributed by atoms with Crippen molar-refractivity contribution in [3.8, 4) is 17.2 Å². The number of hydrogen-bond donors (Lipinski definition) is 0. The Hall–Kier alpha value is -3.29. The third-order valence-electron chi connectivity index (χ3n) is 5.66. The van der Waals surface area contributed by atoms with Crippen LogP contribution in [0.5, 0.6) is 17.2 Å². The molecule has 5 nitrogen and oxygen atoms in total. The third kappa shape index (κ3) is 6.09. The Labute approximate surface area is 222 Å². The summed E-state index contributed by atoms with van der Waals surface area (Å²) in [5.41, 5.74) is 2.88. The van der Waals surface area contributed by atoms with Crippen LogP contribution in [0.4, 0.5) is 5.69 Å². The van der Waals surface area contributed by atoms with E-state index < -0.39 is 0 Å². The Balaban J connectivity index is 1.40. The molecule has 0 aliphatic carbocycles. The fourth-order valence-corrected chi connectivity index (χ4v) is 4.95. The molecule has 1 fully saturated rings. The number of para-hydroxylation sites is 1. The first-order valence-corrected chi connectivity index (χ1v) is 12.9. The number of nitrogens with zero attached hydrogens (tertiary/aromatic N) is 1. The lowest BCUT2D eigenvalue weighted by Crippen LogP contribution is -2.27. The van der Waals surface area contributed by atoms with E-state index in [0.29, 0.717) is 33.9 Å². The number of anilines is 1. The minimum atomic E-state index is -0.160. The van der Waals surface area contributed by atoms with Gasteiger partial charge in [-0.3, -0.25) is 9.69 Å². The van der Waals surface area contributed by atoms with E-state index in [1.807, 2.05) is 66.7 Å². The van der Waals surface area contributed by atoms with Gasteiger partial charge in [0.25, 0.3) is 5.91 Å². The molecule has 0 saturated carbocycles. The van der Waals surface area contributed by atoms with Gasteiger partial charge in [-0.15, -0.1) is 0 Å². The van der Waals surface area contributed by atoms with Crippen LogP contribution in [0, 0.1) is 0 Å². The van der Waals surface area contributed by atoms with Crippen molar-refractivity contribution in [3.05, 3.63) is 88.8 Å². The maximum Gasteiger partial charge on any atom is 0.270 e. The summed E-state index contributed by atoms with van der Waals surface area (Å²) in [6.07, 6.45) is 1.82. The zero-order chi connectivity index (χ0) is 25.7. The lowest BCUT2D eigenvalue weighted by Gasteiger charge is -2.19. The quantitative estimate of drug-likeness (QED) is 0.184. The highest BCUT2D eigenvalue weighted by Crippen LogP contribution is 2.37. The van der Waals surface area contributed by atoms with Crippen molar-refractivity contribution >= 4 is 46.0 Å². The highest BCUT2D eigenvalue weighted by Gasteiger charge is 2.33. The molecule has 0 radical (unpaired) electrons. The molecule has 7 heteroatoms. The predicted octanol–water partition coefficient (Wildman–Crippen LogP) is 6.86. The first-order valence-electron chi connectivity index (χ1n) is 11.6. The molecule has 3 aromatic rings. The summed E-state index contributed by atoms with van der Waals surface area (Å²) in [7, 11) is 1.60. The highest BCUT2D eigenvalue weighted by atomic mass is 32.2. The largest absolute Gasteiger partial charge is 0.497 e. The van der Waals surface area contributed by atoms with Crippen LogP contribution in [0.3, 0.4) is 0 Å². The van der Waals surface area contributed by atoms with Gasteiger partial charge >= 0.3 is 0 Å². The summed E-state index contributed by atoms with van der Waals surface area (Å²) in [4.78, 5) is 15.2. The van der Waals surface area contributed by atoms with E-state index in [2.05, 4.69) is 32.9 Å².